The van der Waals surface area contributed by atoms with E-state index in [1.54, 1.807) is 12.1 Å². The third-order valence-electron chi connectivity index (χ3n) is 3.67. The van der Waals surface area contributed by atoms with Crippen LogP contribution in [0.4, 0.5) is 13.2 Å². The molecule has 0 saturated heterocycles. The van der Waals surface area contributed by atoms with Gasteiger partial charge >= 0.3 is 5.51 Å². The zero-order valence-corrected chi connectivity index (χ0v) is 11.7. The molecule has 102 valence electrons. The predicted molar refractivity (Wildman–Crippen MR) is 73.8 cm³/mol. The summed E-state index contributed by atoms with van der Waals surface area (Å²) >= 11 is 0. The summed E-state index contributed by atoms with van der Waals surface area (Å²) in [5, 5.41) is 0.770. The van der Waals surface area contributed by atoms with Crippen molar-refractivity contribution in [1.82, 2.24) is 0 Å². The second-order valence-electron chi connectivity index (χ2n) is 5.52. The van der Waals surface area contributed by atoms with E-state index in [4.69, 9.17) is 0 Å². The van der Waals surface area contributed by atoms with Crippen LogP contribution in [0.1, 0.15) is 49.0 Å². The van der Waals surface area contributed by atoms with E-state index in [9.17, 15) is 13.2 Å². The molecule has 4 heteroatoms. The van der Waals surface area contributed by atoms with Gasteiger partial charge in [0.05, 0.1) is 10.5 Å². The van der Waals surface area contributed by atoms with Crippen molar-refractivity contribution in [3.05, 3.63) is 34.7 Å². The Balaban J connectivity index is 2.26. The Labute approximate surface area is 113 Å². The first-order valence-electron chi connectivity index (χ1n) is 6.54. The van der Waals surface area contributed by atoms with Gasteiger partial charge in [-0.3, -0.25) is 0 Å². The van der Waals surface area contributed by atoms with E-state index >= 15 is 0 Å². The Bertz CT molecular complexity index is 618. The number of fused-ring (bicyclic) bond motifs is 1. The fourth-order valence-corrected chi connectivity index (χ4v) is 4.66. The topological polar surface area (TPSA) is 0 Å². The summed E-state index contributed by atoms with van der Waals surface area (Å²) in [5.74, 6) is 0.425. The highest BCUT2D eigenvalue weighted by Crippen LogP contribution is 2.57. The average molecular weight is 285 g/mol. The number of thiophene rings is 1. The highest BCUT2D eigenvalue weighted by Gasteiger charge is 2.51. The minimum atomic E-state index is -4.14. The molecule has 0 aliphatic heterocycles. The Hall–Kier alpha value is -1.03. The van der Waals surface area contributed by atoms with E-state index < -0.39 is 16.0 Å². The van der Waals surface area contributed by atoms with Gasteiger partial charge in [0.25, 0.3) is 0 Å². The lowest BCUT2D eigenvalue weighted by Crippen LogP contribution is -1.97. The molecule has 0 bridgehead atoms. The van der Waals surface area contributed by atoms with Gasteiger partial charge in [0.2, 0.25) is 0 Å². The molecule has 2 aromatic rings. The maximum Gasteiger partial charge on any atom is 0.600 e. The largest absolute Gasteiger partial charge is 0.600 e. The minimum absolute atomic E-state index is 0.167. The molecule has 19 heavy (non-hydrogen) atoms. The van der Waals surface area contributed by atoms with Crippen molar-refractivity contribution in [3.63, 3.8) is 0 Å². The molecule has 3 rings (SSSR count). The summed E-state index contributed by atoms with van der Waals surface area (Å²) in [6, 6.07) is 7.36. The third kappa shape index (κ3) is 2.27. The van der Waals surface area contributed by atoms with E-state index in [-0.39, 0.29) is 11.8 Å². The van der Waals surface area contributed by atoms with Gasteiger partial charge in [-0.2, -0.15) is 0 Å². The Morgan fingerprint density at radius 2 is 1.84 bits per heavy atom. The number of alkyl halides is 3. The van der Waals surface area contributed by atoms with Crippen LogP contribution in [-0.2, 0) is 5.51 Å². The van der Waals surface area contributed by atoms with E-state index in [0.29, 0.717) is 9.58 Å². The lowest BCUT2D eigenvalue weighted by Gasteiger charge is -2.04. The van der Waals surface area contributed by atoms with Crippen LogP contribution in [0.25, 0.3) is 10.1 Å². The fraction of sp³-hybridized carbons (Fsp3) is 0.467. The van der Waals surface area contributed by atoms with Gasteiger partial charge < -0.3 is 0 Å². The minimum Gasteiger partial charge on any atom is -0.118 e. The molecule has 1 aromatic carbocycles. The number of halogens is 3. The van der Waals surface area contributed by atoms with Crippen molar-refractivity contribution in [2.45, 2.75) is 44.0 Å². The summed E-state index contributed by atoms with van der Waals surface area (Å²) in [5.41, 5.74) is -3.15. The average Bonchev–Trinajstić information content (AvgIpc) is 3.06. The van der Waals surface area contributed by atoms with E-state index in [0.717, 1.165) is 23.8 Å². The zero-order valence-electron chi connectivity index (χ0n) is 10.9. The lowest BCUT2D eigenvalue weighted by atomic mass is 10.0. The van der Waals surface area contributed by atoms with Gasteiger partial charge in [-0.25, -0.2) is 0 Å². The van der Waals surface area contributed by atoms with Crippen LogP contribution < -0.4 is 0 Å². The van der Waals surface area contributed by atoms with E-state index in [1.807, 2.05) is 26.0 Å². The molecule has 0 radical (unpaired) electrons. The SMILES string of the molecule is CC(C)c1ccc2cc(C3CC3)[s+](C(F)(F)F)c2c1. The molecule has 0 spiro atoms. The highest BCUT2D eigenvalue weighted by molar-refractivity contribution is 7.38. The van der Waals surface area contributed by atoms with Crippen molar-refractivity contribution >= 4 is 20.6 Å². The molecule has 0 nitrogen and oxygen atoms in total. The summed E-state index contributed by atoms with van der Waals surface area (Å²) < 4.78 is 40.6. The Kier molecular flexibility index (Phi) is 2.89. The number of benzene rings is 1. The number of hydrogen-bond acceptors (Lipinski definition) is 0. The van der Waals surface area contributed by atoms with Crippen LogP contribution in [0.2, 0.25) is 0 Å². The standard InChI is InChI=1S/C15H16F3S/c1-9(2)11-5-6-12-8-13(10-3-4-10)19(14(12)7-11)15(16,17)18/h5-10H,3-4H2,1-2H3/q+1. The summed E-state index contributed by atoms with van der Waals surface area (Å²) in [4.78, 5) is 0.614. The van der Waals surface area contributed by atoms with Crippen LogP contribution in [0.5, 0.6) is 0 Å². The molecular weight excluding hydrogens is 269 g/mol. The Morgan fingerprint density at radius 1 is 1.16 bits per heavy atom. The molecule has 1 saturated carbocycles. The smallest absolute Gasteiger partial charge is 0.118 e. The van der Waals surface area contributed by atoms with Crippen molar-refractivity contribution in [2.24, 2.45) is 0 Å². The van der Waals surface area contributed by atoms with Crippen LogP contribution in [-0.4, -0.2) is 0 Å². The van der Waals surface area contributed by atoms with Crippen LogP contribution in [0.3, 0.4) is 0 Å². The van der Waals surface area contributed by atoms with Gasteiger partial charge in [0.1, 0.15) is 0 Å². The summed E-state index contributed by atoms with van der Waals surface area (Å²) in [7, 11) is -1.69. The molecule has 0 amide bonds. The zero-order chi connectivity index (χ0) is 13.8. The maximum atomic E-state index is 13.4. The molecule has 0 N–H and O–H groups in total. The molecule has 1 heterocycles. The van der Waals surface area contributed by atoms with Crippen molar-refractivity contribution in [1.29, 1.82) is 0 Å². The molecule has 1 aliphatic carbocycles. The third-order valence-corrected chi connectivity index (χ3v) is 5.85. The second kappa shape index (κ2) is 4.23. The first-order valence-corrected chi connectivity index (χ1v) is 7.77. The van der Waals surface area contributed by atoms with Gasteiger partial charge in [0, 0.05) is 23.4 Å². The van der Waals surface area contributed by atoms with E-state index in [1.165, 1.54) is 0 Å². The fourth-order valence-electron chi connectivity index (χ4n) is 2.46. The van der Waals surface area contributed by atoms with Gasteiger partial charge in [-0.05, 0) is 30.4 Å². The molecule has 1 aliphatic rings. The molecule has 1 aromatic heterocycles. The van der Waals surface area contributed by atoms with Crippen molar-refractivity contribution in [2.75, 3.05) is 0 Å². The van der Waals surface area contributed by atoms with Crippen LogP contribution in [0.15, 0.2) is 24.3 Å². The lowest BCUT2D eigenvalue weighted by molar-refractivity contribution is -0.0867. The van der Waals surface area contributed by atoms with Crippen LogP contribution >= 0.6 is 10.5 Å². The van der Waals surface area contributed by atoms with Crippen molar-refractivity contribution < 1.29 is 13.2 Å². The normalized spacial score (nSPS) is 17.5. The molecule has 1 unspecified atom stereocenters. The van der Waals surface area contributed by atoms with Crippen molar-refractivity contribution in [3.8, 4) is 0 Å². The van der Waals surface area contributed by atoms with Gasteiger partial charge in [0.15, 0.2) is 9.58 Å². The van der Waals surface area contributed by atoms with Gasteiger partial charge in [-0.15, -0.1) is 13.2 Å². The first-order chi connectivity index (χ1) is 8.88. The Morgan fingerprint density at radius 3 is 2.37 bits per heavy atom. The monoisotopic (exact) mass is 285 g/mol. The summed E-state index contributed by atoms with van der Waals surface area (Å²) in [6.45, 7) is 4.02. The molecule has 1 fully saturated rings. The van der Waals surface area contributed by atoms with Crippen LogP contribution in [0, 0.1) is 0 Å². The highest BCUT2D eigenvalue weighted by atomic mass is 32.2. The number of rotatable bonds is 2. The van der Waals surface area contributed by atoms with Gasteiger partial charge in [-0.1, -0.05) is 19.9 Å². The molecular formula is C15H16F3S+. The first kappa shape index (κ1) is 13.0. The quantitative estimate of drug-likeness (QED) is 0.588. The number of hydrogen-bond donors (Lipinski definition) is 0. The summed E-state index contributed by atoms with van der Waals surface area (Å²) in [6.07, 6.45) is 1.83. The second-order valence-corrected chi connectivity index (χ2v) is 7.51. The maximum absolute atomic E-state index is 13.4. The van der Waals surface area contributed by atoms with E-state index in [2.05, 4.69) is 0 Å². The predicted octanol–water partition coefficient (Wildman–Crippen LogP) is 6.07. The molecule has 1 atom stereocenters.